The third kappa shape index (κ3) is 4.13. The van der Waals surface area contributed by atoms with E-state index in [1.807, 2.05) is 22.9 Å². The van der Waals surface area contributed by atoms with Gasteiger partial charge in [0.2, 0.25) is 4.80 Å². The smallest absolute Gasteiger partial charge is 0.211 e. The van der Waals surface area contributed by atoms with Crippen molar-refractivity contribution in [2.24, 2.45) is 10.1 Å². The molecule has 0 fully saturated rings. The molecular formula is C21H16FN3O2S2. The van der Waals surface area contributed by atoms with Gasteiger partial charge in [-0.15, -0.1) is 22.7 Å². The van der Waals surface area contributed by atoms with Crippen LogP contribution in [0.2, 0.25) is 0 Å². The zero-order chi connectivity index (χ0) is 20.4. The van der Waals surface area contributed by atoms with Gasteiger partial charge in [0.05, 0.1) is 22.0 Å². The van der Waals surface area contributed by atoms with Gasteiger partial charge < -0.3 is 10.2 Å². The number of hydrogen-bond acceptors (Lipinski definition) is 6. The first-order chi connectivity index (χ1) is 14.0. The number of thiophene rings is 1. The van der Waals surface area contributed by atoms with E-state index in [4.69, 9.17) is 5.10 Å². The summed E-state index contributed by atoms with van der Waals surface area (Å²) in [4.78, 5) is 6.24. The Hall–Kier alpha value is -3.23. The second-order valence-electron chi connectivity index (χ2n) is 6.17. The zero-order valence-corrected chi connectivity index (χ0v) is 16.9. The largest absolute Gasteiger partial charge is 0.508 e. The second-order valence-corrected chi connectivity index (χ2v) is 7.95. The average molecular weight is 426 g/mol. The maximum Gasteiger partial charge on any atom is 0.211 e. The molecule has 2 aromatic heterocycles. The summed E-state index contributed by atoms with van der Waals surface area (Å²) < 4.78 is 14.9. The summed E-state index contributed by atoms with van der Waals surface area (Å²) in [5.41, 5.74) is 2.54. The maximum atomic E-state index is 13.2. The number of hydrogen-bond donors (Lipinski definition) is 2. The quantitative estimate of drug-likeness (QED) is 0.434. The zero-order valence-electron chi connectivity index (χ0n) is 15.3. The molecule has 2 N–H and O–H groups in total. The van der Waals surface area contributed by atoms with E-state index in [2.05, 4.69) is 4.99 Å². The molecule has 0 aliphatic carbocycles. The Morgan fingerprint density at radius 2 is 1.83 bits per heavy atom. The number of rotatable bonds is 4. The van der Waals surface area contributed by atoms with Crippen LogP contribution in [-0.4, -0.2) is 20.6 Å². The second kappa shape index (κ2) is 8.02. The maximum absolute atomic E-state index is 13.2. The minimum Gasteiger partial charge on any atom is -0.508 e. The molecule has 0 atom stereocenters. The van der Waals surface area contributed by atoms with Crippen LogP contribution in [0.25, 0.3) is 10.6 Å². The van der Waals surface area contributed by atoms with Crippen molar-refractivity contribution in [2.75, 3.05) is 0 Å². The summed E-state index contributed by atoms with van der Waals surface area (Å²) in [5, 5.41) is 28.3. The number of phenols is 2. The fourth-order valence-electron chi connectivity index (χ4n) is 2.72. The van der Waals surface area contributed by atoms with E-state index < -0.39 is 0 Å². The van der Waals surface area contributed by atoms with Crippen LogP contribution in [0.3, 0.4) is 0 Å². The predicted molar refractivity (Wildman–Crippen MR) is 115 cm³/mol. The normalized spacial score (nSPS) is 12.5. The van der Waals surface area contributed by atoms with Gasteiger partial charge in [-0.2, -0.15) is 5.10 Å². The van der Waals surface area contributed by atoms with E-state index in [0.717, 1.165) is 10.6 Å². The molecule has 0 unspecified atom stereocenters. The highest BCUT2D eigenvalue weighted by Gasteiger charge is 2.11. The molecule has 0 saturated heterocycles. The highest BCUT2D eigenvalue weighted by molar-refractivity contribution is 7.14. The average Bonchev–Trinajstić information content (AvgIpc) is 3.34. The van der Waals surface area contributed by atoms with Gasteiger partial charge in [-0.1, -0.05) is 6.07 Å². The molecule has 2 heterocycles. The van der Waals surface area contributed by atoms with Crippen LogP contribution in [0, 0.1) is 5.82 Å². The SMILES string of the molecule is CC(=Nn1c(-c2cccs2)csc1=Nc1ccc(F)cc1)c1ccc(O)cc1O. The van der Waals surface area contributed by atoms with Crippen molar-refractivity contribution in [1.82, 2.24) is 4.68 Å². The van der Waals surface area contributed by atoms with E-state index in [0.29, 0.717) is 21.8 Å². The highest BCUT2D eigenvalue weighted by atomic mass is 32.1. The Balaban J connectivity index is 1.88. The first-order valence-corrected chi connectivity index (χ1v) is 10.4. The molecule has 8 heteroatoms. The minimum atomic E-state index is -0.320. The van der Waals surface area contributed by atoms with Gasteiger partial charge in [0.25, 0.3) is 0 Å². The molecule has 2 aromatic carbocycles. The van der Waals surface area contributed by atoms with Crippen LogP contribution < -0.4 is 4.80 Å². The van der Waals surface area contributed by atoms with Crippen molar-refractivity contribution < 1.29 is 14.6 Å². The summed E-state index contributed by atoms with van der Waals surface area (Å²) in [6.07, 6.45) is 0. The molecule has 0 aliphatic rings. The summed E-state index contributed by atoms with van der Waals surface area (Å²) in [5.74, 6) is -0.399. The number of nitrogens with zero attached hydrogens (tertiary/aromatic N) is 3. The van der Waals surface area contributed by atoms with E-state index in [1.54, 1.807) is 41.1 Å². The van der Waals surface area contributed by atoms with Gasteiger partial charge in [-0.3, -0.25) is 0 Å². The molecule has 0 aliphatic heterocycles. The fraction of sp³-hybridized carbons (Fsp3) is 0.0476. The van der Waals surface area contributed by atoms with Crippen LogP contribution in [0.4, 0.5) is 10.1 Å². The number of aromatic nitrogens is 1. The van der Waals surface area contributed by atoms with E-state index in [9.17, 15) is 14.6 Å². The number of phenolic OH excluding ortho intramolecular Hbond substituents is 2. The van der Waals surface area contributed by atoms with E-state index in [1.165, 1.54) is 35.6 Å². The van der Waals surface area contributed by atoms with Crippen LogP contribution in [-0.2, 0) is 0 Å². The van der Waals surface area contributed by atoms with Gasteiger partial charge >= 0.3 is 0 Å². The molecule has 4 rings (SSSR count). The first kappa shape index (κ1) is 19.1. The lowest BCUT2D eigenvalue weighted by Crippen LogP contribution is -2.13. The molecule has 0 saturated carbocycles. The van der Waals surface area contributed by atoms with Gasteiger partial charge in [0, 0.05) is 17.0 Å². The standard InChI is InChI=1S/C21H16FN3O2S2/c1-13(17-9-8-16(26)11-19(17)27)24-25-18(20-3-2-10-28-20)12-29-21(25)23-15-6-4-14(22)5-7-15/h2-12,26-27H,1H3. The topological polar surface area (TPSA) is 70.1 Å². The molecule has 0 amide bonds. The Kier molecular flexibility index (Phi) is 5.28. The highest BCUT2D eigenvalue weighted by Crippen LogP contribution is 2.27. The van der Waals surface area contributed by atoms with Crippen LogP contribution in [0.5, 0.6) is 11.5 Å². The Bertz CT molecular complexity index is 1240. The Morgan fingerprint density at radius 1 is 1.03 bits per heavy atom. The monoisotopic (exact) mass is 425 g/mol. The summed E-state index contributed by atoms with van der Waals surface area (Å²) in [6, 6.07) is 14.3. The Morgan fingerprint density at radius 3 is 2.52 bits per heavy atom. The third-order valence-electron chi connectivity index (χ3n) is 4.13. The molecule has 5 nitrogen and oxygen atoms in total. The van der Waals surface area contributed by atoms with E-state index in [-0.39, 0.29) is 17.3 Å². The molecule has 29 heavy (non-hydrogen) atoms. The molecule has 0 radical (unpaired) electrons. The lowest BCUT2D eigenvalue weighted by molar-refractivity contribution is 0.450. The van der Waals surface area contributed by atoms with Crippen molar-refractivity contribution in [1.29, 1.82) is 0 Å². The van der Waals surface area contributed by atoms with E-state index >= 15 is 0 Å². The van der Waals surface area contributed by atoms with Gasteiger partial charge in [0.15, 0.2) is 0 Å². The van der Waals surface area contributed by atoms with Crippen molar-refractivity contribution in [3.63, 3.8) is 0 Å². The molecule has 0 bridgehead atoms. The van der Waals surface area contributed by atoms with Crippen LogP contribution in [0.15, 0.2) is 75.5 Å². The molecule has 146 valence electrons. The lowest BCUT2D eigenvalue weighted by atomic mass is 10.1. The number of aromatic hydroxyl groups is 2. The van der Waals surface area contributed by atoms with Gasteiger partial charge in [-0.25, -0.2) is 14.1 Å². The molecule has 0 spiro atoms. The number of benzene rings is 2. The predicted octanol–water partition coefficient (Wildman–Crippen LogP) is 5.33. The Labute approximate surface area is 174 Å². The van der Waals surface area contributed by atoms with Gasteiger partial charge in [0.1, 0.15) is 17.3 Å². The summed E-state index contributed by atoms with van der Waals surface area (Å²) >= 11 is 3.00. The van der Waals surface area contributed by atoms with Gasteiger partial charge in [-0.05, 0) is 54.8 Å². The summed E-state index contributed by atoms with van der Waals surface area (Å²) in [6.45, 7) is 1.77. The fourth-order valence-corrected chi connectivity index (χ4v) is 4.37. The third-order valence-corrected chi connectivity index (χ3v) is 5.84. The number of halogens is 1. The van der Waals surface area contributed by atoms with Crippen molar-refractivity contribution in [3.05, 3.63) is 81.5 Å². The van der Waals surface area contributed by atoms with Crippen molar-refractivity contribution >= 4 is 34.1 Å². The first-order valence-electron chi connectivity index (χ1n) is 8.64. The van der Waals surface area contributed by atoms with Crippen LogP contribution in [0.1, 0.15) is 12.5 Å². The molecule has 4 aromatic rings. The number of thiazole rings is 1. The van der Waals surface area contributed by atoms with Crippen molar-refractivity contribution in [2.45, 2.75) is 6.92 Å². The minimum absolute atomic E-state index is 0.0199. The van der Waals surface area contributed by atoms with Crippen molar-refractivity contribution in [3.8, 4) is 22.1 Å². The van der Waals surface area contributed by atoms with Crippen LogP contribution >= 0.6 is 22.7 Å². The summed E-state index contributed by atoms with van der Waals surface area (Å²) in [7, 11) is 0. The molecular weight excluding hydrogens is 409 g/mol. The lowest BCUT2D eigenvalue weighted by Gasteiger charge is -2.07.